The van der Waals surface area contributed by atoms with E-state index in [1.807, 2.05) is 18.9 Å². The Balaban J connectivity index is 1.39. The molecule has 2 N–H and O–H groups in total. The molecular formula is C31H43F2N5O2. The number of aryl methyl sites for hydroxylation is 2. The normalized spacial score (nSPS) is 23.2. The van der Waals surface area contributed by atoms with Crippen LogP contribution in [0, 0.1) is 18.6 Å². The van der Waals surface area contributed by atoms with E-state index in [0.717, 1.165) is 74.0 Å². The number of carbonyl (C=O) groups is 1. The Morgan fingerprint density at radius 3 is 2.65 bits per heavy atom. The number of rotatable bonds is 6. The highest BCUT2D eigenvalue weighted by molar-refractivity contribution is 5.75. The van der Waals surface area contributed by atoms with Crippen LogP contribution in [-0.4, -0.2) is 70.5 Å². The first-order valence-electron chi connectivity index (χ1n) is 14.9. The van der Waals surface area contributed by atoms with Gasteiger partial charge in [0.2, 0.25) is 0 Å². The van der Waals surface area contributed by atoms with Crippen LogP contribution in [0.4, 0.5) is 13.6 Å². The molecule has 1 spiro atoms. The number of likely N-dealkylation sites (tertiary alicyclic amines) is 1. The maximum absolute atomic E-state index is 14.9. The molecule has 1 aromatic carbocycles. The molecule has 2 aromatic rings. The summed E-state index contributed by atoms with van der Waals surface area (Å²) in [6.45, 7) is 6.91. The molecule has 0 bridgehead atoms. The van der Waals surface area contributed by atoms with Crippen LogP contribution in [0.25, 0.3) is 0 Å². The minimum Gasteiger partial charge on any atom is -0.362 e. The van der Waals surface area contributed by atoms with E-state index in [-0.39, 0.29) is 28.6 Å². The van der Waals surface area contributed by atoms with Gasteiger partial charge in [-0.2, -0.15) is 0 Å². The molecule has 2 atom stereocenters. The first-order valence-corrected chi connectivity index (χ1v) is 14.9. The highest BCUT2D eigenvalue weighted by Gasteiger charge is 2.46. The van der Waals surface area contributed by atoms with Crippen molar-refractivity contribution in [3.05, 3.63) is 68.6 Å². The van der Waals surface area contributed by atoms with E-state index in [9.17, 15) is 18.4 Å². The molecule has 2 saturated heterocycles. The largest absolute Gasteiger partial charge is 0.362 e. The topological polar surface area (TPSA) is 71.7 Å². The van der Waals surface area contributed by atoms with E-state index in [1.54, 1.807) is 11.0 Å². The number of nitrogens with one attached hydrogen (secondary N) is 2. The van der Waals surface area contributed by atoms with Crippen LogP contribution in [0.2, 0.25) is 0 Å². The molecule has 1 saturated carbocycles. The Hall–Kier alpha value is -2.78. The molecule has 2 amide bonds. The van der Waals surface area contributed by atoms with Gasteiger partial charge in [-0.25, -0.2) is 13.6 Å². The van der Waals surface area contributed by atoms with Crippen LogP contribution in [0.15, 0.2) is 29.1 Å². The van der Waals surface area contributed by atoms with Crippen molar-refractivity contribution in [3.8, 4) is 0 Å². The molecule has 5 rings (SSSR count). The van der Waals surface area contributed by atoms with E-state index in [4.69, 9.17) is 0 Å². The molecule has 40 heavy (non-hydrogen) atoms. The van der Waals surface area contributed by atoms with Crippen molar-refractivity contribution < 1.29 is 13.6 Å². The zero-order valence-corrected chi connectivity index (χ0v) is 24.1. The van der Waals surface area contributed by atoms with Crippen molar-refractivity contribution >= 4 is 6.03 Å². The number of piperidine rings is 1. The van der Waals surface area contributed by atoms with Crippen molar-refractivity contribution in [1.29, 1.82) is 0 Å². The van der Waals surface area contributed by atoms with Crippen molar-refractivity contribution in [2.75, 3.05) is 33.2 Å². The second-order valence-electron chi connectivity index (χ2n) is 12.0. The third kappa shape index (κ3) is 5.68. The number of pyridine rings is 1. The number of piperazine rings is 1. The maximum atomic E-state index is 14.9. The summed E-state index contributed by atoms with van der Waals surface area (Å²) >= 11 is 0. The second-order valence-corrected chi connectivity index (χ2v) is 12.0. The first-order chi connectivity index (χ1) is 19.2. The van der Waals surface area contributed by atoms with Crippen LogP contribution in [0.5, 0.6) is 0 Å². The van der Waals surface area contributed by atoms with Gasteiger partial charge in [-0.05, 0) is 64.3 Å². The SMILES string of the molecule is CCCc1[nH]c(C)cc(=O)c1CN1CCN(C(=O)N2CCC(NC)CC2c2cc(F)ccc2F)CC12CCCC2. The van der Waals surface area contributed by atoms with Gasteiger partial charge in [0.1, 0.15) is 11.6 Å². The zero-order valence-electron chi connectivity index (χ0n) is 24.1. The van der Waals surface area contributed by atoms with Gasteiger partial charge in [-0.1, -0.05) is 26.2 Å². The van der Waals surface area contributed by atoms with Gasteiger partial charge in [-0.3, -0.25) is 9.69 Å². The molecule has 218 valence electrons. The van der Waals surface area contributed by atoms with Gasteiger partial charge in [0.25, 0.3) is 0 Å². The van der Waals surface area contributed by atoms with Crippen LogP contribution in [-0.2, 0) is 13.0 Å². The zero-order chi connectivity index (χ0) is 28.4. The predicted molar refractivity (Wildman–Crippen MR) is 152 cm³/mol. The fourth-order valence-corrected chi connectivity index (χ4v) is 7.24. The van der Waals surface area contributed by atoms with Crippen LogP contribution in [0.1, 0.15) is 80.4 Å². The van der Waals surface area contributed by atoms with Crippen molar-refractivity contribution in [2.24, 2.45) is 0 Å². The fourth-order valence-electron chi connectivity index (χ4n) is 7.24. The van der Waals surface area contributed by atoms with Crippen LogP contribution in [0.3, 0.4) is 0 Å². The van der Waals surface area contributed by atoms with E-state index in [2.05, 4.69) is 22.1 Å². The fraction of sp³-hybridized carbons (Fsp3) is 0.613. The summed E-state index contributed by atoms with van der Waals surface area (Å²) in [4.78, 5) is 36.8. The lowest BCUT2D eigenvalue weighted by Crippen LogP contribution is -2.64. The van der Waals surface area contributed by atoms with Gasteiger partial charge in [-0.15, -0.1) is 0 Å². The summed E-state index contributed by atoms with van der Waals surface area (Å²) in [7, 11) is 1.87. The molecule has 3 fully saturated rings. The van der Waals surface area contributed by atoms with Gasteiger partial charge in [0.15, 0.2) is 5.43 Å². The molecular weight excluding hydrogens is 512 g/mol. The van der Waals surface area contributed by atoms with E-state index in [1.165, 1.54) is 6.07 Å². The third-order valence-electron chi connectivity index (χ3n) is 9.38. The number of hydrogen-bond donors (Lipinski definition) is 2. The van der Waals surface area contributed by atoms with Crippen LogP contribution >= 0.6 is 0 Å². The standard InChI is InChI=1S/C31H43F2N5O2/c1-4-7-27-25(29(39)16-21(2)35-27)19-37-15-14-36(20-31(37)11-5-6-12-31)30(40)38-13-10-23(34-3)18-28(38)24-17-22(32)8-9-26(24)33/h8-9,16-17,23,28,34H,4-7,10-15,18-20H2,1-3H3,(H,35,39). The summed E-state index contributed by atoms with van der Waals surface area (Å²) in [6, 6.07) is 4.69. The number of carbonyl (C=O) groups excluding carboxylic acids is 1. The summed E-state index contributed by atoms with van der Waals surface area (Å²) in [5, 5.41) is 3.26. The molecule has 2 unspecified atom stereocenters. The molecule has 3 aliphatic rings. The van der Waals surface area contributed by atoms with Gasteiger partial charge < -0.3 is 20.1 Å². The van der Waals surface area contributed by atoms with Gasteiger partial charge >= 0.3 is 6.03 Å². The molecule has 3 heterocycles. The van der Waals surface area contributed by atoms with E-state index < -0.39 is 17.7 Å². The number of aromatic amines is 1. The van der Waals surface area contributed by atoms with E-state index >= 15 is 0 Å². The molecule has 0 radical (unpaired) electrons. The highest BCUT2D eigenvalue weighted by atomic mass is 19.1. The average Bonchev–Trinajstić information content (AvgIpc) is 3.40. The van der Waals surface area contributed by atoms with Crippen LogP contribution < -0.4 is 10.7 Å². The Morgan fingerprint density at radius 1 is 1.15 bits per heavy atom. The van der Waals surface area contributed by atoms with Gasteiger partial charge in [0, 0.05) is 72.9 Å². The minimum absolute atomic E-state index is 0.0821. The summed E-state index contributed by atoms with van der Waals surface area (Å²) in [5.74, 6) is -0.980. The number of H-pyrrole nitrogens is 1. The monoisotopic (exact) mass is 555 g/mol. The molecule has 2 aliphatic heterocycles. The minimum atomic E-state index is -0.533. The Kier molecular flexibility index (Phi) is 8.61. The van der Waals surface area contributed by atoms with Crippen molar-refractivity contribution in [1.82, 2.24) is 25.0 Å². The predicted octanol–water partition coefficient (Wildman–Crippen LogP) is 4.89. The lowest BCUT2D eigenvalue weighted by Gasteiger charge is -2.51. The molecule has 1 aromatic heterocycles. The third-order valence-corrected chi connectivity index (χ3v) is 9.38. The number of nitrogens with zero attached hydrogens (tertiary/aromatic N) is 3. The average molecular weight is 556 g/mol. The second kappa shape index (κ2) is 12.0. The number of benzene rings is 1. The number of amides is 2. The Bertz CT molecular complexity index is 1270. The number of hydrogen-bond acceptors (Lipinski definition) is 4. The van der Waals surface area contributed by atoms with Crippen molar-refractivity contribution in [2.45, 2.75) is 89.4 Å². The molecule has 1 aliphatic carbocycles. The van der Waals surface area contributed by atoms with Crippen molar-refractivity contribution in [3.63, 3.8) is 0 Å². The quantitative estimate of drug-likeness (QED) is 0.533. The number of aromatic nitrogens is 1. The summed E-state index contributed by atoms with van der Waals surface area (Å²) in [6.07, 6.45) is 7.22. The lowest BCUT2D eigenvalue weighted by molar-refractivity contribution is -0.00254. The molecule has 7 nitrogen and oxygen atoms in total. The van der Waals surface area contributed by atoms with E-state index in [0.29, 0.717) is 39.1 Å². The summed E-state index contributed by atoms with van der Waals surface area (Å²) < 4.78 is 29.1. The summed E-state index contributed by atoms with van der Waals surface area (Å²) in [5.41, 5.74) is 2.89. The Morgan fingerprint density at radius 2 is 1.93 bits per heavy atom. The smallest absolute Gasteiger partial charge is 0.320 e. The highest BCUT2D eigenvalue weighted by Crippen LogP contribution is 2.40. The number of urea groups is 1. The maximum Gasteiger partial charge on any atom is 0.320 e. The van der Waals surface area contributed by atoms with Gasteiger partial charge in [0.05, 0.1) is 6.04 Å². The Labute approximate surface area is 235 Å². The lowest BCUT2D eigenvalue weighted by atomic mass is 9.89. The molecule has 9 heteroatoms. The number of halogens is 2. The first kappa shape index (κ1) is 28.7.